The van der Waals surface area contributed by atoms with Gasteiger partial charge in [0.1, 0.15) is 5.76 Å². The zero-order valence-corrected chi connectivity index (χ0v) is 11.3. The molecule has 2 unspecified atom stereocenters. The first-order valence-electron chi connectivity index (χ1n) is 6.69. The Morgan fingerprint density at radius 3 is 3.00 bits per heavy atom. The second kappa shape index (κ2) is 6.83. The molecule has 100 valence electrons. The van der Waals surface area contributed by atoms with Gasteiger partial charge in [0.05, 0.1) is 6.26 Å². The van der Waals surface area contributed by atoms with Crippen molar-refractivity contribution in [2.75, 3.05) is 6.54 Å². The van der Waals surface area contributed by atoms with Crippen molar-refractivity contribution in [1.29, 1.82) is 0 Å². The van der Waals surface area contributed by atoms with Crippen molar-refractivity contribution in [2.45, 2.75) is 43.9 Å². The predicted molar refractivity (Wildman–Crippen MR) is 71.6 cm³/mol. The first-order chi connectivity index (χ1) is 8.75. The Hall–Kier alpha value is -0.960. The Balaban J connectivity index is 1.65. The van der Waals surface area contributed by atoms with Crippen LogP contribution < -0.4 is 5.32 Å². The lowest BCUT2D eigenvalue weighted by Gasteiger charge is -2.27. The van der Waals surface area contributed by atoms with Crippen LogP contribution in [0.2, 0.25) is 0 Å². The molecule has 1 fully saturated rings. The third-order valence-electron chi connectivity index (χ3n) is 3.56. The summed E-state index contributed by atoms with van der Waals surface area (Å²) in [4.78, 5) is 11.7. The molecule has 1 amide bonds. The van der Waals surface area contributed by atoms with Crippen molar-refractivity contribution in [3.05, 3.63) is 24.2 Å². The highest BCUT2D eigenvalue weighted by atomic mass is 35.5. The highest BCUT2D eigenvalue weighted by Crippen LogP contribution is 2.27. The van der Waals surface area contributed by atoms with E-state index in [2.05, 4.69) is 5.32 Å². The van der Waals surface area contributed by atoms with Crippen molar-refractivity contribution in [3.63, 3.8) is 0 Å². The summed E-state index contributed by atoms with van der Waals surface area (Å²) in [6.07, 6.45) is 7.43. The number of hydrogen-bond acceptors (Lipinski definition) is 2. The van der Waals surface area contributed by atoms with Crippen molar-refractivity contribution in [3.8, 4) is 0 Å². The van der Waals surface area contributed by atoms with E-state index in [0.717, 1.165) is 18.6 Å². The maximum absolute atomic E-state index is 11.7. The van der Waals surface area contributed by atoms with Crippen molar-refractivity contribution in [1.82, 2.24) is 5.32 Å². The minimum Gasteiger partial charge on any atom is -0.469 e. The molecule has 0 aliphatic heterocycles. The van der Waals surface area contributed by atoms with Gasteiger partial charge in [-0.2, -0.15) is 0 Å². The molecular formula is C14H20ClNO2. The van der Waals surface area contributed by atoms with E-state index in [1.807, 2.05) is 12.1 Å². The van der Waals surface area contributed by atoms with Gasteiger partial charge in [-0.15, -0.1) is 11.6 Å². The molecule has 0 spiro atoms. The fourth-order valence-electron chi connectivity index (χ4n) is 2.42. The second-order valence-corrected chi connectivity index (χ2v) is 5.50. The van der Waals surface area contributed by atoms with E-state index in [9.17, 15) is 4.79 Å². The Morgan fingerprint density at radius 2 is 2.28 bits per heavy atom. The average Bonchev–Trinajstić information content (AvgIpc) is 2.88. The summed E-state index contributed by atoms with van der Waals surface area (Å²) in [5.41, 5.74) is 0. The topological polar surface area (TPSA) is 42.2 Å². The summed E-state index contributed by atoms with van der Waals surface area (Å²) >= 11 is 6.26. The van der Waals surface area contributed by atoms with Gasteiger partial charge in [0.15, 0.2) is 0 Å². The summed E-state index contributed by atoms with van der Waals surface area (Å²) in [7, 11) is 0. The molecule has 0 saturated heterocycles. The van der Waals surface area contributed by atoms with Crippen LogP contribution in [0.25, 0.3) is 0 Å². The normalized spacial score (nSPS) is 23.8. The zero-order chi connectivity index (χ0) is 12.8. The molecule has 1 N–H and O–H groups in total. The number of aryl methyl sites for hydroxylation is 1. The fraction of sp³-hybridized carbons (Fsp3) is 0.643. The van der Waals surface area contributed by atoms with Gasteiger partial charge in [0.2, 0.25) is 5.91 Å². The van der Waals surface area contributed by atoms with Crippen LogP contribution in [-0.2, 0) is 11.2 Å². The summed E-state index contributed by atoms with van der Waals surface area (Å²) in [6, 6.07) is 3.73. The lowest BCUT2D eigenvalue weighted by molar-refractivity contribution is -0.121. The van der Waals surface area contributed by atoms with E-state index >= 15 is 0 Å². The predicted octanol–water partition coefficient (Wildman–Crippen LogP) is 3.13. The molecule has 1 aliphatic rings. The lowest BCUT2D eigenvalue weighted by atomic mass is 9.89. The van der Waals surface area contributed by atoms with Gasteiger partial charge in [0.25, 0.3) is 0 Å². The van der Waals surface area contributed by atoms with Gasteiger partial charge < -0.3 is 9.73 Å². The van der Waals surface area contributed by atoms with E-state index in [1.54, 1.807) is 6.26 Å². The van der Waals surface area contributed by atoms with Crippen molar-refractivity contribution < 1.29 is 9.21 Å². The Kier molecular flexibility index (Phi) is 5.12. The van der Waals surface area contributed by atoms with Gasteiger partial charge >= 0.3 is 0 Å². The van der Waals surface area contributed by atoms with Gasteiger partial charge in [0, 0.05) is 24.8 Å². The zero-order valence-electron chi connectivity index (χ0n) is 10.5. The highest BCUT2D eigenvalue weighted by Gasteiger charge is 2.23. The van der Waals surface area contributed by atoms with Crippen LogP contribution in [0.3, 0.4) is 0 Å². The van der Waals surface area contributed by atoms with E-state index in [1.165, 1.54) is 12.8 Å². The molecule has 1 heterocycles. The standard InChI is InChI=1S/C14H20ClNO2/c15-13-6-2-1-4-11(13)10-16-14(17)8-7-12-5-3-9-18-12/h3,5,9,11,13H,1-2,4,6-8,10H2,(H,16,17). The minimum absolute atomic E-state index is 0.0841. The molecule has 1 saturated carbocycles. The molecule has 2 atom stereocenters. The molecule has 18 heavy (non-hydrogen) atoms. The van der Waals surface area contributed by atoms with Crippen molar-refractivity contribution in [2.24, 2.45) is 5.92 Å². The van der Waals surface area contributed by atoms with Gasteiger partial charge in [-0.1, -0.05) is 12.8 Å². The first-order valence-corrected chi connectivity index (χ1v) is 7.12. The van der Waals surface area contributed by atoms with Crippen LogP contribution in [-0.4, -0.2) is 17.8 Å². The van der Waals surface area contributed by atoms with E-state index in [4.69, 9.17) is 16.0 Å². The van der Waals surface area contributed by atoms with Crippen LogP contribution in [0.5, 0.6) is 0 Å². The van der Waals surface area contributed by atoms with Gasteiger partial charge in [-0.3, -0.25) is 4.79 Å². The Morgan fingerprint density at radius 1 is 1.44 bits per heavy atom. The molecule has 3 nitrogen and oxygen atoms in total. The van der Waals surface area contributed by atoms with Crippen LogP contribution >= 0.6 is 11.6 Å². The fourth-order valence-corrected chi connectivity index (χ4v) is 2.79. The summed E-state index contributed by atoms with van der Waals surface area (Å²) in [6.45, 7) is 0.713. The largest absolute Gasteiger partial charge is 0.469 e. The average molecular weight is 270 g/mol. The maximum Gasteiger partial charge on any atom is 0.220 e. The molecule has 2 rings (SSSR count). The quantitative estimate of drug-likeness (QED) is 0.835. The third kappa shape index (κ3) is 4.05. The number of nitrogens with one attached hydrogen (secondary N) is 1. The third-order valence-corrected chi connectivity index (χ3v) is 4.13. The van der Waals surface area contributed by atoms with Crippen LogP contribution in [0.15, 0.2) is 22.8 Å². The van der Waals surface area contributed by atoms with E-state index in [-0.39, 0.29) is 11.3 Å². The number of carbonyl (C=O) groups is 1. The van der Waals surface area contributed by atoms with Crippen LogP contribution in [0.4, 0.5) is 0 Å². The SMILES string of the molecule is O=C(CCc1ccco1)NCC1CCCCC1Cl. The smallest absolute Gasteiger partial charge is 0.220 e. The number of hydrogen-bond donors (Lipinski definition) is 1. The summed E-state index contributed by atoms with van der Waals surface area (Å²) < 4.78 is 5.19. The molecule has 1 aliphatic carbocycles. The second-order valence-electron chi connectivity index (χ2n) is 4.94. The van der Waals surface area contributed by atoms with Crippen LogP contribution in [0, 0.1) is 5.92 Å². The molecule has 0 aromatic carbocycles. The number of carbonyl (C=O) groups excluding carboxylic acids is 1. The van der Waals surface area contributed by atoms with E-state index in [0.29, 0.717) is 25.3 Å². The van der Waals surface area contributed by atoms with Crippen LogP contribution in [0.1, 0.15) is 37.9 Å². The maximum atomic E-state index is 11.7. The monoisotopic (exact) mass is 269 g/mol. The number of halogens is 1. The number of amides is 1. The number of furan rings is 1. The first kappa shape index (κ1) is 13.5. The molecule has 4 heteroatoms. The Bertz CT molecular complexity index is 364. The number of rotatable bonds is 5. The van der Waals surface area contributed by atoms with Gasteiger partial charge in [-0.25, -0.2) is 0 Å². The van der Waals surface area contributed by atoms with E-state index < -0.39 is 0 Å². The van der Waals surface area contributed by atoms with Crippen molar-refractivity contribution >= 4 is 17.5 Å². The molecular weight excluding hydrogens is 250 g/mol. The Labute approximate surface area is 113 Å². The molecule has 1 aromatic heterocycles. The molecule has 0 bridgehead atoms. The highest BCUT2D eigenvalue weighted by molar-refractivity contribution is 6.20. The lowest BCUT2D eigenvalue weighted by Crippen LogP contribution is -2.34. The van der Waals surface area contributed by atoms with Gasteiger partial charge in [-0.05, 0) is 30.9 Å². The molecule has 1 aromatic rings. The summed E-state index contributed by atoms with van der Waals surface area (Å²) in [5, 5.41) is 3.21. The summed E-state index contributed by atoms with van der Waals surface area (Å²) in [5.74, 6) is 1.38. The number of alkyl halides is 1. The minimum atomic E-state index is 0.0841. The molecule has 0 radical (unpaired) electrons.